The van der Waals surface area contributed by atoms with E-state index in [-0.39, 0.29) is 4.91 Å². The lowest BCUT2D eigenvalue weighted by atomic mass is 10.3. The highest BCUT2D eigenvalue weighted by Gasteiger charge is 2.24. The fourth-order valence-electron chi connectivity index (χ4n) is 1.26. The summed E-state index contributed by atoms with van der Waals surface area (Å²) >= 11 is 2.59. The summed E-state index contributed by atoms with van der Waals surface area (Å²) in [5.74, 6) is -1.07. The van der Waals surface area contributed by atoms with Crippen molar-refractivity contribution in [2.75, 3.05) is 0 Å². The first-order valence-electron chi connectivity index (χ1n) is 5.22. The standard InChI is InChI=1S/C11H10N4O2S2/c1-6(7-3-2-4-18-7)14-15-11-13-10(17)8(19-11)5-9(12)16/h2-5H,1H3,(H2,12,16)(H,13,15,17)/b8-5-,14-6+. The number of amides is 2. The molecule has 0 spiro atoms. The Hall–Kier alpha value is -1.93. The Labute approximate surface area is 117 Å². The number of primary amides is 1. The lowest BCUT2D eigenvalue weighted by Gasteiger charge is -1.93. The lowest BCUT2D eigenvalue weighted by molar-refractivity contribution is -0.116. The molecule has 2 rings (SSSR count). The molecule has 2 heterocycles. The molecule has 98 valence electrons. The van der Waals surface area contributed by atoms with E-state index in [1.807, 2.05) is 24.4 Å². The van der Waals surface area contributed by atoms with Crippen LogP contribution in [0.5, 0.6) is 0 Å². The number of thioether (sulfide) groups is 1. The van der Waals surface area contributed by atoms with Crippen LogP contribution in [0.2, 0.25) is 0 Å². The number of nitrogens with two attached hydrogens (primary N) is 1. The fraction of sp³-hybridized carbons (Fsp3) is 0.0909. The zero-order valence-electron chi connectivity index (χ0n) is 9.91. The maximum Gasteiger partial charge on any atom is 0.264 e. The molecule has 19 heavy (non-hydrogen) atoms. The van der Waals surface area contributed by atoms with Gasteiger partial charge in [-0.15, -0.1) is 16.4 Å². The van der Waals surface area contributed by atoms with Gasteiger partial charge in [-0.1, -0.05) is 6.07 Å². The van der Waals surface area contributed by atoms with Gasteiger partial charge in [-0.05, 0) is 30.1 Å². The van der Waals surface area contributed by atoms with Crippen molar-refractivity contribution in [1.82, 2.24) is 5.32 Å². The van der Waals surface area contributed by atoms with E-state index in [1.165, 1.54) is 0 Å². The topological polar surface area (TPSA) is 96.9 Å². The number of hydrogen-bond acceptors (Lipinski definition) is 6. The quantitative estimate of drug-likeness (QED) is 0.495. The molecule has 1 aliphatic rings. The van der Waals surface area contributed by atoms with Crippen molar-refractivity contribution in [2.45, 2.75) is 6.92 Å². The predicted molar refractivity (Wildman–Crippen MR) is 77.0 cm³/mol. The Morgan fingerprint density at radius 2 is 2.32 bits per heavy atom. The van der Waals surface area contributed by atoms with E-state index in [9.17, 15) is 9.59 Å². The second-order valence-electron chi connectivity index (χ2n) is 3.54. The molecule has 8 heteroatoms. The summed E-state index contributed by atoms with van der Waals surface area (Å²) in [5.41, 5.74) is 5.75. The van der Waals surface area contributed by atoms with E-state index >= 15 is 0 Å². The smallest absolute Gasteiger partial charge is 0.264 e. The molecule has 6 nitrogen and oxygen atoms in total. The average Bonchev–Trinajstić information content (AvgIpc) is 2.96. The highest BCUT2D eigenvalue weighted by Crippen LogP contribution is 2.23. The molecular weight excluding hydrogens is 284 g/mol. The first kappa shape index (κ1) is 13.5. The number of rotatable bonds is 3. The Bertz CT molecular complexity index is 602. The molecule has 0 radical (unpaired) electrons. The third-order valence-corrected chi connectivity index (χ3v) is 3.97. The Kier molecular flexibility index (Phi) is 4.13. The van der Waals surface area contributed by atoms with Crippen LogP contribution in [-0.2, 0) is 9.59 Å². The first-order chi connectivity index (χ1) is 9.06. The van der Waals surface area contributed by atoms with Gasteiger partial charge in [0.25, 0.3) is 5.91 Å². The summed E-state index contributed by atoms with van der Waals surface area (Å²) in [4.78, 5) is 23.4. The van der Waals surface area contributed by atoms with Gasteiger partial charge >= 0.3 is 0 Å². The lowest BCUT2D eigenvalue weighted by Crippen LogP contribution is -2.20. The minimum Gasteiger partial charge on any atom is -0.366 e. The number of nitrogens with zero attached hydrogens (tertiary/aromatic N) is 2. The minimum atomic E-state index is -0.669. The van der Waals surface area contributed by atoms with E-state index in [0.29, 0.717) is 5.17 Å². The molecule has 0 aromatic carbocycles. The summed E-state index contributed by atoms with van der Waals surface area (Å²) in [6.45, 7) is 1.83. The van der Waals surface area contributed by atoms with Crippen LogP contribution in [0.25, 0.3) is 0 Å². The van der Waals surface area contributed by atoms with Gasteiger partial charge in [0.2, 0.25) is 5.91 Å². The molecule has 1 aromatic rings. The molecule has 2 amide bonds. The molecule has 0 unspecified atom stereocenters. The van der Waals surface area contributed by atoms with Crippen molar-refractivity contribution in [1.29, 1.82) is 0 Å². The van der Waals surface area contributed by atoms with Crippen molar-refractivity contribution in [3.63, 3.8) is 0 Å². The Morgan fingerprint density at radius 3 is 2.95 bits per heavy atom. The summed E-state index contributed by atoms with van der Waals surface area (Å²) in [6.07, 6.45) is 1.07. The van der Waals surface area contributed by atoms with Crippen molar-refractivity contribution < 1.29 is 9.59 Å². The average molecular weight is 294 g/mol. The summed E-state index contributed by atoms with van der Waals surface area (Å²) in [6, 6.07) is 3.86. The first-order valence-corrected chi connectivity index (χ1v) is 6.92. The van der Waals surface area contributed by atoms with E-state index < -0.39 is 11.8 Å². The number of hydrogen-bond donors (Lipinski definition) is 2. The third-order valence-electron chi connectivity index (χ3n) is 2.09. The predicted octanol–water partition coefficient (Wildman–Crippen LogP) is 1.06. The second-order valence-corrected chi connectivity index (χ2v) is 5.51. The number of nitrogens with one attached hydrogen (secondary N) is 1. The number of thiophene rings is 1. The van der Waals surface area contributed by atoms with Gasteiger partial charge in [0.05, 0.1) is 15.5 Å². The number of amidine groups is 1. The van der Waals surface area contributed by atoms with E-state index in [4.69, 9.17) is 5.73 Å². The number of carbonyl (C=O) groups excluding carboxylic acids is 2. The molecule has 3 N–H and O–H groups in total. The maximum absolute atomic E-state index is 11.5. The molecule has 1 aromatic heterocycles. The largest absolute Gasteiger partial charge is 0.366 e. The molecule has 0 atom stereocenters. The van der Waals surface area contributed by atoms with Crippen LogP contribution in [0.15, 0.2) is 38.7 Å². The molecule has 0 aliphatic carbocycles. The van der Waals surface area contributed by atoms with Crippen molar-refractivity contribution in [3.05, 3.63) is 33.4 Å². The van der Waals surface area contributed by atoms with Crippen LogP contribution in [0.4, 0.5) is 0 Å². The van der Waals surface area contributed by atoms with E-state index in [1.54, 1.807) is 11.3 Å². The van der Waals surface area contributed by atoms with Crippen LogP contribution in [0.1, 0.15) is 11.8 Å². The minimum absolute atomic E-state index is 0.218. The van der Waals surface area contributed by atoms with E-state index in [0.717, 1.165) is 28.4 Å². The van der Waals surface area contributed by atoms with Gasteiger partial charge in [0, 0.05) is 6.08 Å². The number of carbonyl (C=O) groups is 2. The second kappa shape index (κ2) is 5.81. The van der Waals surface area contributed by atoms with E-state index in [2.05, 4.69) is 15.5 Å². The van der Waals surface area contributed by atoms with Gasteiger partial charge in [-0.25, -0.2) is 0 Å². The Balaban J connectivity index is 2.12. The molecule has 1 aliphatic heterocycles. The SMILES string of the molecule is C/C(=N\N=C1/NC(=O)/C(=C/C(N)=O)S1)c1cccs1. The van der Waals surface area contributed by atoms with Crippen LogP contribution in [-0.4, -0.2) is 22.7 Å². The molecule has 1 saturated heterocycles. The highest BCUT2D eigenvalue weighted by molar-refractivity contribution is 8.18. The molecule has 1 fully saturated rings. The van der Waals surface area contributed by atoms with Gasteiger partial charge in [-0.2, -0.15) is 5.10 Å². The van der Waals surface area contributed by atoms with Crippen LogP contribution >= 0.6 is 23.1 Å². The zero-order valence-corrected chi connectivity index (χ0v) is 11.5. The summed E-state index contributed by atoms with van der Waals surface area (Å²) < 4.78 is 0. The fourth-order valence-corrected chi connectivity index (χ4v) is 2.68. The van der Waals surface area contributed by atoms with Crippen molar-refractivity contribution in [3.8, 4) is 0 Å². The maximum atomic E-state index is 11.5. The van der Waals surface area contributed by atoms with Gasteiger partial charge in [0.15, 0.2) is 5.17 Å². The third kappa shape index (κ3) is 3.52. The van der Waals surface area contributed by atoms with Crippen LogP contribution < -0.4 is 11.1 Å². The van der Waals surface area contributed by atoms with Crippen molar-refractivity contribution >= 4 is 45.8 Å². The molecule has 0 bridgehead atoms. The van der Waals surface area contributed by atoms with Gasteiger partial charge in [-0.3, -0.25) is 14.9 Å². The molecular formula is C11H10N4O2S2. The normalized spacial score (nSPS) is 20.1. The van der Waals surface area contributed by atoms with Gasteiger partial charge in [0.1, 0.15) is 0 Å². The summed E-state index contributed by atoms with van der Waals surface area (Å²) in [5, 5.41) is 12.7. The Morgan fingerprint density at radius 1 is 1.53 bits per heavy atom. The van der Waals surface area contributed by atoms with Crippen LogP contribution in [0, 0.1) is 0 Å². The van der Waals surface area contributed by atoms with Gasteiger partial charge < -0.3 is 5.73 Å². The van der Waals surface area contributed by atoms with Crippen LogP contribution in [0.3, 0.4) is 0 Å². The zero-order chi connectivity index (χ0) is 13.8. The van der Waals surface area contributed by atoms with Crippen molar-refractivity contribution in [2.24, 2.45) is 15.9 Å². The monoisotopic (exact) mass is 294 g/mol. The summed E-state index contributed by atoms with van der Waals surface area (Å²) in [7, 11) is 0. The highest BCUT2D eigenvalue weighted by atomic mass is 32.2. The molecule has 0 saturated carbocycles.